The quantitative estimate of drug-likeness (QED) is 0.573. The Morgan fingerprint density at radius 2 is 2.04 bits per heavy atom. The number of nitrogens with one attached hydrogen (secondary N) is 1. The number of nitrogens with zero attached hydrogens (tertiary/aromatic N) is 5. The maximum Gasteiger partial charge on any atom is 0.240 e. The molecule has 7 heteroatoms. The van der Waals surface area contributed by atoms with Gasteiger partial charge in [0.1, 0.15) is 12.4 Å². The molecule has 1 amide bonds. The molecule has 3 aromatic heterocycles. The highest BCUT2D eigenvalue weighted by Crippen LogP contribution is 2.16. The highest BCUT2D eigenvalue weighted by molar-refractivity contribution is 5.81. The van der Waals surface area contributed by atoms with Crippen LogP contribution in [-0.4, -0.2) is 30.2 Å². The van der Waals surface area contributed by atoms with Gasteiger partial charge in [0.15, 0.2) is 5.82 Å². The molecule has 0 radical (unpaired) electrons. The number of hydrogen-bond donors (Lipinski definition) is 1. The Labute approximate surface area is 156 Å². The summed E-state index contributed by atoms with van der Waals surface area (Å²) in [5.74, 6) is 1.60. The average Bonchev–Trinajstić information content (AvgIpc) is 3.35. The van der Waals surface area contributed by atoms with Crippen LogP contribution < -0.4 is 5.32 Å². The van der Waals surface area contributed by atoms with Crippen molar-refractivity contribution in [3.05, 3.63) is 72.4 Å². The molecule has 0 spiro atoms. The SMILES string of the molecule is CCc1nc2ccccc2n1CC(=O)NCc1ccc(-n2cccn2)nc1. The molecule has 136 valence electrons. The van der Waals surface area contributed by atoms with E-state index in [2.05, 4.69) is 20.4 Å². The predicted molar refractivity (Wildman–Crippen MR) is 102 cm³/mol. The van der Waals surface area contributed by atoms with E-state index in [-0.39, 0.29) is 12.5 Å². The molecule has 4 aromatic rings. The lowest BCUT2D eigenvalue weighted by atomic mass is 10.3. The number of imidazole rings is 1. The van der Waals surface area contributed by atoms with Crippen molar-refractivity contribution in [3.8, 4) is 5.82 Å². The highest BCUT2D eigenvalue weighted by Gasteiger charge is 2.12. The zero-order valence-corrected chi connectivity index (χ0v) is 15.0. The van der Waals surface area contributed by atoms with E-state index in [0.29, 0.717) is 6.54 Å². The standard InChI is InChI=1S/C20H20N6O/c1-2-18-24-16-6-3-4-7-17(16)25(18)14-20(27)22-13-15-8-9-19(21-12-15)26-11-5-10-23-26/h3-12H,2,13-14H2,1H3,(H,22,27). The van der Waals surface area contributed by atoms with Gasteiger partial charge >= 0.3 is 0 Å². The van der Waals surface area contributed by atoms with Gasteiger partial charge in [0, 0.05) is 31.6 Å². The summed E-state index contributed by atoms with van der Waals surface area (Å²) in [5.41, 5.74) is 2.83. The molecular formula is C20H20N6O. The van der Waals surface area contributed by atoms with Gasteiger partial charge in [0.2, 0.25) is 5.91 Å². The summed E-state index contributed by atoms with van der Waals surface area (Å²) in [7, 11) is 0. The van der Waals surface area contributed by atoms with E-state index in [1.807, 2.05) is 60.2 Å². The third-order valence-electron chi connectivity index (χ3n) is 4.39. The molecule has 0 unspecified atom stereocenters. The highest BCUT2D eigenvalue weighted by atomic mass is 16.1. The van der Waals surface area contributed by atoms with Gasteiger partial charge in [-0.3, -0.25) is 4.79 Å². The number of aryl methyl sites for hydroxylation is 1. The molecule has 3 heterocycles. The van der Waals surface area contributed by atoms with Crippen molar-refractivity contribution >= 4 is 16.9 Å². The Morgan fingerprint density at radius 1 is 1.15 bits per heavy atom. The Kier molecular flexibility index (Phi) is 4.65. The Morgan fingerprint density at radius 3 is 2.78 bits per heavy atom. The first-order chi connectivity index (χ1) is 13.2. The summed E-state index contributed by atoms with van der Waals surface area (Å²) in [6.07, 6.45) is 6.08. The van der Waals surface area contributed by atoms with Crippen molar-refractivity contribution in [3.63, 3.8) is 0 Å². The van der Waals surface area contributed by atoms with E-state index in [1.165, 1.54) is 0 Å². The Hall–Kier alpha value is -3.48. The van der Waals surface area contributed by atoms with Crippen LogP contribution in [-0.2, 0) is 24.3 Å². The molecule has 0 fully saturated rings. The Bertz CT molecular complexity index is 1050. The van der Waals surface area contributed by atoms with Crippen LogP contribution in [0.4, 0.5) is 0 Å². The molecular weight excluding hydrogens is 340 g/mol. The molecule has 4 rings (SSSR count). The van der Waals surface area contributed by atoms with Gasteiger partial charge in [-0.25, -0.2) is 14.6 Å². The van der Waals surface area contributed by atoms with Crippen LogP contribution in [0.5, 0.6) is 0 Å². The van der Waals surface area contributed by atoms with Crippen molar-refractivity contribution in [1.29, 1.82) is 0 Å². The summed E-state index contributed by atoms with van der Waals surface area (Å²) in [5, 5.41) is 7.11. The van der Waals surface area contributed by atoms with Crippen LogP contribution >= 0.6 is 0 Å². The lowest BCUT2D eigenvalue weighted by Crippen LogP contribution is -2.27. The monoisotopic (exact) mass is 360 g/mol. The van der Waals surface area contributed by atoms with E-state index >= 15 is 0 Å². The van der Waals surface area contributed by atoms with Gasteiger partial charge in [-0.1, -0.05) is 25.1 Å². The molecule has 1 aromatic carbocycles. The van der Waals surface area contributed by atoms with Crippen molar-refractivity contribution < 1.29 is 4.79 Å². The van der Waals surface area contributed by atoms with E-state index in [9.17, 15) is 4.79 Å². The summed E-state index contributed by atoms with van der Waals surface area (Å²) in [6.45, 7) is 2.73. The second kappa shape index (κ2) is 7.41. The second-order valence-corrected chi connectivity index (χ2v) is 6.21. The van der Waals surface area contributed by atoms with Crippen LogP contribution in [0.3, 0.4) is 0 Å². The fourth-order valence-electron chi connectivity index (χ4n) is 3.03. The van der Waals surface area contributed by atoms with Crippen LogP contribution in [0.1, 0.15) is 18.3 Å². The van der Waals surface area contributed by atoms with Gasteiger partial charge in [-0.15, -0.1) is 0 Å². The number of pyridine rings is 1. The molecule has 0 aliphatic heterocycles. The topological polar surface area (TPSA) is 77.6 Å². The maximum atomic E-state index is 12.5. The fraction of sp³-hybridized carbons (Fsp3) is 0.200. The molecule has 0 aliphatic rings. The predicted octanol–water partition coefficient (Wildman–Crippen LogP) is 2.50. The van der Waals surface area contributed by atoms with Crippen LogP contribution in [0.15, 0.2) is 61.1 Å². The normalized spacial score (nSPS) is 11.0. The fourth-order valence-corrected chi connectivity index (χ4v) is 3.03. The number of hydrogen-bond acceptors (Lipinski definition) is 4. The Balaban J connectivity index is 1.42. The number of carbonyl (C=O) groups excluding carboxylic acids is 1. The third kappa shape index (κ3) is 3.57. The van der Waals surface area contributed by atoms with Crippen LogP contribution in [0.25, 0.3) is 16.9 Å². The number of benzene rings is 1. The summed E-state index contributed by atoms with van der Waals surface area (Å²) in [6, 6.07) is 13.5. The van der Waals surface area contributed by atoms with E-state index in [4.69, 9.17) is 0 Å². The molecule has 0 aliphatic carbocycles. The minimum Gasteiger partial charge on any atom is -0.350 e. The molecule has 0 saturated carbocycles. The largest absolute Gasteiger partial charge is 0.350 e. The van der Waals surface area contributed by atoms with Crippen molar-refractivity contribution in [2.45, 2.75) is 26.4 Å². The minimum atomic E-state index is -0.0518. The van der Waals surface area contributed by atoms with E-state index < -0.39 is 0 Å². The zero-order valence-electron chi connectivity index (χ0n) is 15.0. The summed E-state index contributed by atoms with van der Waals surface area (Å²) in [4.78, 5) is 21.4. The van der Waals surface area contributed by atoms with Crippen molar-refractivity contribution in [2.24, 2.45) is 0 Å². The molecule has 27 heavy (non-hydrogen) atoms. The smallest absolute Gasteiger partial charge is 0.240 e. The first-order valence-corrected chi connectivity index (χ1v) is 8.90. The number of para-hydroxylation sites is 2. The first-order valence-electron chi connectivity index (χ1n) is 8.90. The van der Waals surface area contributed by atoms with Gasteiger partial charge in [-0.2, -0.15) is 5.10 Å². The van der Waals surface area contributed by atoms with E-state index in [1.54, 1.807) is 17.1 Å². The number of carbonyl (C=O) groups is 1. The average molecular weight is 360 g/mol. The number of fused-ring (bicyclic) bond motifs is 1. The molecule has 0 bridgehead atoms. The molecule has 0 saturated heterocycles. The number of aromatic nitrogens is 5. The molecule has 7 nitrogen and oxygen atoms in total. The molecule has 1 N–H and O–H groups in total. The van der Waals surface area contributed by atoms with E-state index in [0.717, 1.165) is 34.7 Å². The van der Waals surface area contributed by atoms with Gasteiger partial charge < -0.3 is 9.88 Å². The van der Waals surface area contributed by atoms with Crippen LogP contribution in [0.2, 0.25) is 0 Å². The third-order valence-corrected chi connectivity index (χ3v) is 4.39. The van der Waals surface area contributed by atoms with Gasteiger partial charge in [-0.05, 0) is 29.8 Å². The first kappa shape index (κ1) is 17.0. The minimum absolute atomic E-state index is 0.0518. The van der Waals surface area contributed by atoms with Crippen LogP contribution in [0, 0.1) is 0 Å². The number of rotatable bonds is 6. The molecule has 0 atom stereocenters. The number of amides is 1. The summed E-state index contributed by atoms with van der Waals surface area (Å²) < 4.78 is 3.67. The van der Waals surface area contributed by atoms with Gasteiger partial charge in [0.25, 0.3) is 0 Å². The lowest BCUT2D eigenvalue weighted by molar-refractivity contribution is -0.121. The van der Waals surface area contributed by atoms with Gasteiger partial charge in [0.05, 0.1) is 11.0 Å². The summed E-state index contributed by atoms with van der Waals surface area (Å²) >= 11 is 0. The lowest BCUT2D eigenvalue weighted by Gasteiger charge is -2.09. The maximum absolute atomic E-state index is 12.5. The van der Waals surface area contributed by atoms with Crippen molar-refractivity contribution in [1.82, 2.24) is 29.6 Å². The second-order valence-electron chi connectivity index (χ2n) is 6.21. The van der Waals surface area contributed by atoms with Crippen molar-refractivity contribution in [2.75, 3.05) is 0 Å². The zero-order chi connectivity index (χ0) is 18.6.